The SMILES string of the molecule is Cc1nc(N(C)CC2CC2)sc1C(=O)O. The molecule has 0 saturated heterocycles. The molecule has 1 aliphatic carbocycles. The van der Waals surface area contributed by atoms with Crippen molar-refractivity contribution in [3.05, 3.63) is 10.6 Å². The van der Waals surface area contributed by atoms with Crippen LogP contribution in [0, 0.1) is 12.8 Å². The van der Waals surface area contributed by atoms with Crippen LogP contribution in [-0.4, -0.2) is 29.7 Å². The largest absolute Gasteiger partial charge is 0.477 e. The molecule has 5 heteroatoms. The molecule has 0 bridgehead atoms. The number of carboxylic acids is 1. The van der Waals surface area contributed by atoms with Crippen LogP contribution in [0.25, 0.3) is 0 Å². The van der Waals surface area contributed by atoms with Crippen LogP contribution in [-0.2, 0) is 0 Å². The fourth-order valence-electron chi connectivity index (χ4n) is 1.51. The summed E-state index contributed by atoms with van der Waals surface area (Å²) in [7, 11) is 1.97. The number of carbonyl (C=O) groups is 1. The number of hydrogen-bond donors (Lipinski definition) is 1. The fraction of sp³-hybridized carbons (Fsp3) is 0.600. The molecule has 1 N–H and O–H groups in total. The van der Waals surface area contributed by atoms with Gasteiger partial charge < -0.3 is 10.0 Å². The van der Waals surface area contributed by atoms with Gasteiger partial charge in [0.2, 0.25) is 0 Å². The first kappa shape index (κ1) is 10.4. The molecule has 1 saturated carbocycles. The Labute approximate surface area is 92.6 Å². The van der Waals surface area contributed by atoms with Gasteiger partial charge in [-0.1, -0.05) is 11.3 Å². The van der Waals surface area contributed by atoms with Crippen LogP contribution in [0.2, 0.25) is 0 Å². The normalized spacial score (nSPS) is 15.3. The highest BCUT2D eigenvalue weighted by molar-refractivity contribution is 7.17. The van der Waals surface area contributed by atoms with Gasteiger partial charge in [0.05, 0.1) is 5.69 Å². The molecule has 1 aliphatic rings. The smallest absolute Gasteiger partial charge is 0.347 e. The van der Waals surface area contributed by atoms with Crippen LogP contribution in [0.5, 0.6) is 0 Å². The number of aryl methyl sites for hydroxylation is 1. The third-order valence-electron chi connectivity index (χ3n) is 2.54. The van der Waals surface area contributed by atoms with Crippen molar-refractivity contribution >= 4 is 22.4 Å². The zero-order chi connectivity index (χ0) is 11.0. The van der Waals surface area contributed by atoms with Gasteiger partial charge in [0.15, 0.2) is 5.13 Å². The van der Waals surface area contributed by atoms with E-state index in [9.17, 15) is 4.79 Å². The minimum atomic E-state index is -0.879. The Hall–Kier alpha value is -1.10. The summed E-state index contributed by atoms with van der Waals surface area (Å²) in [4.78, 5) is 17.5. The molecule has 1 aromatic heterocycles. The third-order valence-corrected chi connectivity index (χ3v) is 3.79. The summed E-state index contributed by atoms with van der Waals surface area (Å²) in [5.41, 5.74) is 0.616. The monoisotopic (exact) mass is 226 g/mol. The van der Waals surface area contributed by atoms with Gasteiger partial charge in [-0.2, -0.15) is 0 Å². The zero-order valence-electron chi connectivity index (χ0n) is 8.86. The van der Waals surface area contributed by atoms with E-state index in [2.05, 4.69) is 9.88 Å². The van der Waals surface area contributed by atoms with Gasteiger partial charge in [-0.3, -0.25) is 0 Å². The van der Waals surface area contributed by atoms with E-state index in [1.807, 2.05) is 7.05 Å². The van der Waals surface area contributed by atoms with Crippen LogP contribution < -0.4 is 4.90 Å². The minimum absolute atomic E-state index is 0.354. The van der Waals surface area contributed by atoms with E-state index in [1.54, 1.807) is 6.92 Å². The van der Waals surface area contributed by atoms with Gasteiger partial charge >= 0.3 is 5.97 Å². The van der Waals surface area contributed by atoms with Crippen molar-refractivity contribution in [3.8, 4) is 0 Å². The van der Waals surface area contributed by atoms with E-state index in [0.29, 0.717) is 10.6 Å². The average Bonchev–Trinajstić information content (AvgIpc) is 2.86. The molecule has 1 fully saturated rings. The van der Waals surface area contributed by atoms with Crippen LogP contribution in [0.1, 0.15) is 28.2 Å². The molecule has 15 heavy (non-hydrogen) atoms. The highest BCUT2D eigenvalue weighted by Gasteiger charge is 2.25. The standard InChI is InChI=1S/C10H14N2O2S/c1-6-8(9(13)14)15-10(11-6)12(2)5-7-3-4-7/h7H,3-5H2,1-2H3,(H,13,14). The Kier molecular flexibility index (Phi) is 2.65. The van der Waals surface area contributed by atoms with Gasteiger partial charge in [0.1, 0.15) is 4.88 Å². The molecule has 0 aliphatic heterocycles. The van der Waals surface area contributed by atoms with Crippen molar-refractivity contribution in [2.75, 3.05) is 18.5 Å². The maximum Gasteiger partial charge on any atom is 0.347 e. The lowest BCUT2D eigenvalue weighted by atomic mass is 10.4. The summed E-state index contributed by atoms with van der Waals surface area (Å²) in [5, 5.41) is 9.72. The van der Waals surface area contributed by atoms with E-state index >= 15 is 0 Å². The Morgan fingerprint density at radius 1 is 1.67 bits per heavy atom. The number of aromatic carboxylic acids is 1. The summed E-state index contributed by atoms with van der Waals surface area (Å²) in [6, 6.07) is 0. The number of rotatable bonds is 4. The fourth-order valence-corrected chi connectivity index (χ4v) is 2.39. The van der Waals surface area contributed by atoms with Crippen molar-refractivity contribution < 1.29 is 9.90 Å². The number of hydrogen-bond acceptors (Lipinski definition) is 4. The van der Waals surface area contributed by atoms with Gasteiger partial charge in [-0.25, -0.2) is 9.78 Å². The quantitative estimate of drug-likeness (QED) is 0.853. The molecule has 2 rings (SSSR count). The molecule has 0 amide bonds. The molecule has 0 atom stereocenters. The second kappa shape index (κ2) is 3.81. The van der Waals surface area contributed by atoms with Crippen LogP contribution in [0.3, 0.4) is 0 Å². The summed E-state index contributed by atoms with van der Waals surface area (Å²) in [5.74, 6) is -0.0939. The maximum absolute atomic E-state index is 10.8. The van der Waals surface area contributed by atoms with Crippen LogP contribution in [0.4, 0.5) is 5.13 Å². The van der Waals surface area contributed by atoms with Crippen molar-refractivity contribution in [2.45, 2.75) is 19.8 Å². The van der Waals surface area contributed by atoms with E-state index in [0.717, 1.165) is 17.6 Å². The molecule has 0 spiro atoms. The first-order chi connectivity index (χ1) is 7.08. The predicted molar refractivity (Wildman–Crippen MR) is 59.8 cm³/mol. The lowest BCUT2D eigenvalue weighted by Gasteiger charge is -2.14. The lowest BCUT2D eigenvalue weighted by molar-refractivity contribution is 0.0701. The van der Waals surface area contributed by atoms with Gasteiger partial charge in [0, 0.05) is 13.6 Å². The molecule has 0 aromatic carbocycles. The Morgan fingerprint density at radius 3 is 2.80 bits per heavy atom. The molecule has 1 aromatic rings. The van der Waals surface area contributed by atoms with Gasteiger partial charge in [0.25, 0.3) is 0 Å². The average molecular weight is 226 g/mol. The van der Waals surface area contributed by atoms with E-state index in [4.69, 9.17) is 5.11 Å². The lowest BCUT2D eigenvalue weighted by Crippen LogP contribution is -2.19. The first-order valence-corrected chi connectivity index (χ1v) is 5.81. The molecule has 4 nitrogen and oxygen atoms in total. The second-order valence-corrected chi connectivity index (χ2v) is 5.02. The number of carboxylic acid groups (broad SMARTS) is 1. The topological polar surface area (TPSA) is 53.4 Å². The maximum atomic E-state index is 10.8. The van der Waals surface area contributed by atoms with Crippen molar-refractivity contribution in [2.24, 2.45) is 5.92 Å². The van der Waals surface area contributed by atoms with Gasteiger partial charge in [-0.15, -0.1) is 0 Å². The molecule has 0 unspecified atom stereocenters. The summed E-state index contributed by atoms with van der Waals surface area (Å²) in [6.45, 7) is 2.74. The molecular formula is C10H14N2O2S. The summed E-state index contributed by atoms with van der Waals surface area (Å²) >= 11 is 1.26. The number of thiazole rings is 1. The van der Waals surface area contributed by atoms with Crippen molar-refractivity contribution in [1.29, 1.82) is 0 Å². The molecule has 82 valence electrons. The summed E-state index contributed by atoms with van der Waals surface area (Å²) in [6.07, 6.45) is 2.58. The van der Waals surface area contributed by atoms with E-state index < -0.39 is 5.97 Å². The van der Waals surface area contributed by atoms with E-state index in [1.165, 1.54) is 24.2 Å². The Morgan fingerprint density at radius 2 is 2.33 bits per heavy atom. The third kappa shape index (κ3) is 2.28. The number of nitrogens with zero attached hydrogens (tertiary/aromatic N) is 2. The zero-order valence-corrected chi connectivity index (χ0v) is 9.67. The summed E-state index contributed by atoms with van der Waals surface area (Å²) < 4.78 is 0. The Balaban J connectivity index is 2.13. The number of anilines is 1. The molecular weight excluding hydrogens is 212 g/mol. The minimum Gasteiger partial charge on any atom is -0.477 e. The van der Waals surface area contributed by atoms with Crippen LogP contribution >= 0.6 is 11.3 Å². The highest BCUT2D eigenvalue weighted by Crippen LogP contribution is 2.32. The first-order valence-electron chi connectivity index (χ1n) is 4.99. The Bertz CT molecular complexity index is 385. The van der Waals surface area contributed by atoms with Gasteiger partial charge in [-0.05, 0) is 25.7 Å². The van der Waals surface area contributed by atoms with Crippen molar-refractivity contribution in [1.82, 2.24) is 4.98 Å². The predicted octanol–water partition coefficient (Wildman–Crippen LogP) is 2.00. The second-order valence-electron chi connectivity index (χ2n) is 4.04. The van der Waals surface area contributed by atoms with Crippen molar-refractivity contribution in [3.63, 3.8) is 0 Å². The van der Waals surface area contributed by atoms with Crippen LogP contribution in [0.15, 0.2) is 0 Å². The molecule has 1 heterocycles. The van der Waals surface area contributed by atoms with E-state index in [-0.39, 0.29) is 0 Å². The molecule has 0 radical (unpaired) electrons. The number of aromatic nitrogens is 1. The highest BCUT2D eigenvalue weighted by atomic mass is 32.1.